The summed E-state index contributed by atoms with van der Waals surface area (Å²) in [5.41, 5.74) is 0.778. The Bertz CT molecular complexity index is 533. The molecular weight excluding hydrogens is 274 g/mol. The lowest BCUT2D eigenvalue weighted by Gasteiger charge is -2.01. The van der Waals surface area contributed by atoms with Gasteiger partial charge in [-0.25, -0.2) is 14.5 Å². The fourth-order valence-electron chi connectivity index (χ4n) is 1.31. The normalized spacial score (nSPS) is 10.4. The smallest absolute Gasteiger partial charge is 0.375 e. The van der Waals surface area contributed by atoms with E-state index in [0.717, 1.165) is 10.2 Å². The molecule has 1 heterocycles. The number of rotatable bonds is 2. The van der Waals surface area contributed by atoms with Crippen molar-refractivity contribution in [3.8, 4) is 5.69 Å². The zero-order chi connectivity index (χ0) is 11.7. The van der Waals surface area contributed by atoms with E-state index in [1.165, 1.54) is 4.68 Å². The van der Waals surface area contributed by atoms with Gasteiger partial charge in [0, 0.05) is 4.47 Å². The van der Waals surface area contributed by atoms with Crippen LogP contribution in [0.2, 0.25) is 0 Å². The molecule has 6 heteroatoms. The molecule has 1 aromatic carbocycles. The van der Waals surface area contributed by atoms with Crippen molar-refractivity contribution < 1.29 is 9.90 Å². The van der Waals surface area contributed by atoms with Crippen LogP contribution in [0.5, 0.6) is 0 Å². The van der Waals surface area contributed by atoms with E-state index in [1.807, 2.05) is 24.3 Å². The number of hydrogen-bond donors (Lipinski definition) is 1. The monoisotopic (exact) mass is 281 g/mol. The number of nitrogens with zero attached hydrogens (tertiary/aromatic N) is 3. The highest BCUT2D eigenvalue weighted by molar-refractivity contribution is 9.10. The van der Waals surface area contributed by atoms with Crippen molar-refractivity contribution in [2.24, 2.45) is 0 Å². The van der Waals surface area contributed by atoms with Crippen LogP contribution in [0.3, 0.4) is 0 Å². The fourth-order valence-corrected chi connectivity index (χ4v) is 1.57. The molecule has 82 valence electrons. The fraction of sp³-hybridized carbons (Fsp3) is 0.100. The number of carbonyl (C=O) groups is 1. The SMILES string of the molecule is Cc1nc(C(=O)O)nn1-c1ccc(Br)cc1. The van der Waals surface area contributed by atoms with Crippen LogP contribution in [0.25, 0.3) is 5.69 Å². The van der Waals surface area contributed by atoms with Gasteiger partial charge in [-0.2, -0.15) is 0 Å². The second kappa shape index (κ2) is 4.05. The average molecular weight is 282 g/mol. The summed E-state index contributed by atoms with van der Waals surface area (Å²) in [6.45, 7) is 1.71. The minimum Gasteiger partial charge on any atom is -0.475 e. The lowest BCUT2D eigenvalue weighted by Crippen LogP contribution is -2.02. The van der Waals surface area contributed by atoms with Gasteiger partial charge in [-0.1, -0.05) is 15.9 Å². The van der Waals surface area contributed by atoms with Crippen LogP contribution in [0, 0.1) is 6.92 Å². The van der Waals surface area contributed by atoms with E-state index in [9.17, 15) is 4.79 Å². The van der Waals surface area contributed by atoms with Gasteiger partial charge >= 0.3 is 5.97 Å². The lowest BCUT2D eigenvalue weighted by molar-refractivity contribution is 0.0683. The maximum absolute atomic E-state index is 10.7. The highest BCUT2D eigenvalue weighted by atomic mass is 79.9. The number of hydrogen-bond acceptors (Lipinski definition) is 3. The summed E-state index contributed by atoms with van der Waals surface area (Å²) in [7, 11) is 0. The Morgan fingerprint density at radius 2 is 2.00 bits per heavy atom. The molecule has 0 aliphatic rings. The van der Waals surface area contributed by atoms with Crippen molar-refractivity contribution in [3.63, 3.8) is 0 Å². The Hall–Kier alpha value is -1.69. The van der Waals surface area contributed by atoms with Crippen LogP contribution >= 0.6 is 15.9 Å². The van der Waals surface area contributed by atoms with Crippen molar-refractivity contribution in [2.75, 3.05) is 0 Å². The molecule has 5 nitrogen and oxygen atoms in total. The van der Waals surface area contributed by atoms with E-state index in [4.69, 9.17) is 5.11 Å². The molecule has 0 saturated carbocycles. The largest absolute Gasteiger partial charge is 0.475 e. The molecule has 0 saturated heterocycles. The Kier molecular flexibility index (Phi) is 2.74. The van der Waals surface area contributed by atoms with Gasteiger partial charge < -0.3 is 5.11 Å². The van der Waals surface area contributed by atoms with Gasteiger partial charge in [0.2, 0.25) is 0 Å². The number of aromatic carboxylic acids is 1. The van der Waals surface area contributed by atoms with Gasteiger partial charge in [-0.3, -0.25) is 0 Å². The minimum absolute atomic E-state index is 0.194. The molecule has 0 atom stereocenters. The molecule has 0 bridgehead atoms. The lowest BCUT2D eigenvalue weighted by atomic mass is 10.3. The third-order valence-corrected chi connectivity index (χ3v) is 2.56. The summed E-state index contributed by atoms with van der Waals surface area (Å²) in [6, 6.07) is 7.38. The van der Waals surface area contributed by atoms with Gasteiger partial charge in [-0.05, 0) is 31.2 Å². The summed E-state index contributed by atoms with van der Waals surface area (Å²) >= 11 is 3.33. The third kappa shape index (κ3) is 1.96. The molecule has 0 radical (unpaired) electrons. The summed E-state index contributed by atoms with van der Waals surface area (Å²) in [5.74, 6) is -0.779. The van der Waals surface area contributed by atoms with E-state index in [-0.39, 0.29) is 5.82 Å². The second-order valence-corrected chi connectivity index (χ2v) is 4.09. The van der Waals surface area contributed by atoms with Gasteiger partial charge in [0.1, 0.15) is 5.82 Å². The predicted octanol–water partition coefficient (Wildman–Crippen LogP) is 2.04. The summed E-state index contributed by atoms with van der Waals surface area (Å²) in [6.07, 6.45) is 0. The highest BCUT2D eigenvalue weighted by Gasteiger charge is 2.13. The zero-order valence-electron chi connectivity index (χ0n) is 8.38. The van der Waals surface area contributed by atoms with Crippen molar-refractivity contribution in [1.82, 2.24) is 14.8 Å². The molecule has 0 aliphatic heterocycles. The van der Waals surface area contributed by atoms with E-state index in [2.05, 4.69) is 26.0 Å². The Labute approximate surface area is 99.9 Å². The molecule has 16 heavy (non-hydrogen) atoms. The average Bonchev–Trinajstić information content (AvgIpc) is 2.62. The molecule has 1 aromatic heterocycles. The first-order valence-corrected chi connectivity index (χ1v) is 5.30. The Morgan fingerprint density at radius 3 is 2.50 bits per heavy atom. The molecule has 1 N–H and O–H groups in total. The van der Waals surface area contributed by atoms with Gasteiger partial charge in [0.15, 0.2) is 0 Å². The Morgan fingerprint density at radius 1 is 1.38 bits per heavy atom. The second-order valence-electron chi connectivity index (χ2n) is 3.18. The molecular formula is C10H8BrN3O2. The molecule has 2 rings (SSSR count). The number of aryl methyl sites for hydroxylation is 1. The van der Waals surface area contributed by atoms with E-state index >= 15 is 0 Å². The topological polar surface area (TPSA) is 68.0 Å². The van der Waals surface area contributed by atoms with E-state index < -0.39 is 5.97 Å². The summed E-state index contributed by atoms with van der Waals surface area (Å²) in [5, 5.41) is 12.7. The number of halogens is 1. The number of benzene rings is 1. The maximum atomic E-state index is 10.7. The number of carboxylic acids is 1. The van der Waals surface area contributed by atoms with Gasteiger partial charge in [0.05, 0.1) is 5.69 Å². The minimum atomic E-state index is -1.13. The molecule has 0 amide bonds. The molecule has 0 fully saturated rings. The molecule has 0 unspecified atom stereocenters. The van der Waals surface area contributed by atoms with Crippen LogP contribution in [-0.4, -0.2) is 25.8 Å². The zero-order valence-corrected chi connectivity index (χ0v) is 9.97. The van der Waals surface area contributed by atoms with Gasteiger partial charge in [-0.15, -0.1) is 5.10 Å². The van der Waals surface area contributed by atoms with E-state index in [1.54, 1.807) is 6.92 Å². The summed E-state index contributed by atoms with van der Waals surface area (Å²) < 4.78 is 2.45. The Balaban J connectivity index is 2.47. The van der Waals surface area contributed by atoms with E-state index in [0.29, 0.717) is 5.82 Å². The standard InChI is InChI=1S/C10H8BrN3O2/c1-6-12-9(10(15)16)13-14(6)8-4-2-7(11)3-5-8/h2-5H,1H3,(H,15,16). The van der Waals surface area contributed by atoms with Crippen molar-refractivity contribution in [1.29, 1.82) is 0 Å². The predicted molar refractivity (Wildman–Crippen MR) is 60.8 cm³/mol. The van der Waals surface area contributed by atoms with Crippen molar-refractivity contribution >= 4 is 21.9 Å². The molecule has 2 aromatic rings. The number of aromatic nitrogens is 3. The maximum Gasteiger partial charge on any atom is 0.375 e. The highest BCUT2D eigenvalue weighted by Crippen LogP contribution is 2.14. The summed E-state index contributed by atoms with van der Waals surface area (Å²) in [4.78, 5) is 14.6. The van der Waals surface area contributed by atoms with Crippen molar-refractivity contribution in [2.45, 2.75) is 6.92 Å². The molecule has 0 spiro atoms. The van der Waals surface area contributed by atoms with Crippen LogP contribution < -0.4 is 0 Å². The van der Waals surface area contributed by atoms with Gasteiger partial charge in [0.25, 0.3) is 5.82 Å². The van der Waals surface area contributed by atoms with Crippen molar-refractivity contribution in [3.05, 3.63) is 40.4 Å². The first-order valence-electron chi connectivity index (χ1n) is 4.51. The first kappa shape index (κ1) is 10.8. The van der Waals surface area contributed by atoms with Crippen LogP contribution in [0.4, 0.5) is 0 Å². The third-order valence-electron chi connectivity index (χ3n) is 2.03. The van der Waals surface area contributed by atoms with Crippen LogP contribution in [-0.2, 0) is 0 Å². The van der Waals surface area contributed by atoms with Crippen LogP contribution in [0.1, 0.15) is 16.4 Å². The van der Waals surface area contributed by atoms with Crippen LogP contribution in [0.15, 0.2) is 28.7 Å². The molecule has 0 aliphatic carbocycles. The first-order chi connectivity index (χ1) is 7.58. The quantitative estimate of drug-likeness (QED) is 0.915. The number of carboxylic acid groups (broad SMARTS) is 1.